The molecule has 5 nitrogen and oxygen atoms in total. The maximum atomic E-state index is 11.0. The summed E-state index contributed by atoms with van der Waals surface area (Å²) in [6.07, 6.45) is 1.91. The molecule has 0 saturated carbocycles. The van der Waals surface area contributed by atoms with Gasteiger partial charge in [0, 0.05) is 6.20 Å². The molecule has 0 unspecified atom stereocenters. The Morgan fingerprint density at radius 3 is 3.07 bits per heavy atom. The molecule has 0 aliphatic heterocycles. The highest BCUT2D eigenvalue weighted by Crippen LogP contribution is 2.07. The molecule has 2 aromatic rings. The lowest BCUT2D eigenvalue weighted by molar-refractivity contribution is -0.139. The van der Waals surface area contributed by atoms with Gasteiger partial charge < -0.3 is 4.74 Å². The average molecular weight is 205 g/mol. The van der Waals surface area contributed by atoms with E-state index < -0.39 is 0 Å². The van der Waals surface area contributed by atoms with Crippen LogP contribution in [-0.2, 0) is 16.0 Å². The van der Waals surface area contributed by atoms with E-state index in [-0.39, 0.29) is 12.4 Å². The minimum absolute atomic E-state index is 0.109. The highest BCUT2D eigenvalue weighted by molar-refractivity contribution is 5.71. The number of carbonyl (C=O) groups excluding carboxylic acids is 1. The summed E-state index contributed by atoms with van der Waals surface area (Å²) < 4.78 is 6.21. The van der Waals surface area contributed by atoms with Crippen LogP contribution in [0.3, 0.4) is 0 Å². The third-order valence-corrected chi connectivity index (χ3v) is 2.13. The van der Waals surface area contributed by atoms with E-state index in [0.717, 1.165) is 11.2 Å². The van der Waals surface area contributed by atoms with Crippen LogP contribution < -0.4 is 0 Å². The Bertz CT molecular complexity index is 504. The van der Waals surface area contributed by atoms with Crippen LogP contribution >= 0.6 is 0 Å². The molecule has 0 fully saturated rings. The van der Waals surface area contributed by atoms with Crippen molar-refractivity contribution in [2.24, 2.45) is 0 Å². The third-order valence-electron chi connectivity index (χ3n) is 2.13. The van der Waals surface area contributed by atoms with Gasteiger partial charge in [-0.3, -0.25) is 4.79 Å². The van der Waals surface area contributed by atoms with Gasteiger partial charge in [0.1, 0.15) is 6.42 Å². The lowest BCUT2D eigenvalue weighted by Gasteiger charge is -1.92. The van der Waals surface area contributed by atoms with E-state index in [1.807, 2.05) is 19.1 Å². The van der Waals surface area contributed by atoms with Crippen LogP contribution in [0.25, 0.3) is 5.65 Å². The number of rotatable bonds is 2. The Labute approximate surface area is 86.7 Å². The summed E-state index contributed by atoms with van der Waals surface area (Å²) in [4.78, 5) is 15.3. The van der Waals surface area contributed by atoms with Crippen LogP contribution in [0.15, 0.2) is 18.3 Å². The molecule has 2 rings (SSSR count). The second kappa shape index (κ2) is 3.68. The van der Waals surface area contributed by atoms with E-state index in [1.165, 1.54) is 7.11 Å². The standard InChI is InChI=1S/C10H11N3O2/c1-7-4-3-5-13-10(7)11-8(12-13)6-9(14)15-2/h3-5H,6H2,1-2H3. The van der Waals surface area contributed by atoms with Crippen molar-refractivity contribution < 1.29 is 9.53 Å². The predicted molar refractivity (Wildman–Crippen MR) is 53.4 cm³/mol. The van der Waals surface area contributed by atoms with Crippen LogP contribution in [0, 0.1) is 6.92 Å². The molecular weight excluding hydrogens is 194 g/mol. The molecule has 5 heteroatoms. The fraction of sp³-hybridized carbons (Fsp3) is 0.300. The average Bonchev–Trinajstić information content (AvgIpc) is 2.62. The van der Waals surface area contributed by atoms with Crippen LogP contribution in [0.4, 0.5) is 0 Å². The summed E-state index contributed by atoms with van der Waals surface area (Å²) >= 11 is 0. The molecule has 15 heavy (non-hydrogen) atoms. The van der Waals surface area contributed by atoms with Crippen molar-refractivity contribution in [3.63, 3.8) is 0 Å². The Morgan fingerprint density at radius 1 is 1.60 bits per heavy atom. The monoisotopic (exact) mass is 205 g/mol. The smallest absolute Gasteiger partial charge is 0.313 e. The number of fused-ring (bicyclic) bond motifs is 1. The number of ether oxygens (including phenoxy) is 1. The third kappa shape index (κ3) is 1.81. The number of hydrogen-bond donors (Lipinski definition) is 0. The van der Waals surface area contributed by atoms with Gasteiger partial charge in [0.05, 0.1) is 7.11 Å². The number of methoxy groups -OCH3 is 1. The molecule has 2 heterocycles. The zero-order valence-electron chi connectivity index (χ0n) is 8.60. The van der Waals surface area contributed by atoms with Crippen LogP contribution in [-0.4, -0.2) is 27.7 Å². The van der Waals surface area contributed by atoms with Crippen molar-refractivity contribution in [2.45, 2.75) is 13.3 Å². The normalized spacial score (nSPS) is 10.5. The number of carbonyl (C=O) groups is 1. The van der Waals surface area contributed by atoms with Crippen molar-refractivity contribution in [3.8, 4) is 0 Å². The molecule has 0 aromatic carbocycles. The van der Waals surface area contributed by atoms with Crippen molar-refractivity contribution >= 4 is 11.6 Å². The predicted octanol–water partition coefficient (Wildman–Crippen LogP) is 0.753. The topological polar surface area (TPSA) is 56.5 Å². The minimum atomic E-state index is -0.330. The molecule has 2 aromatic heterocycles. The summed E-state index contributed by atoms with van der Waals surface area (Å²) in [6, 6.07) is 3.84. The molecule has 0 radical (unpaired) electrons. The van der Waals surface area contributed by atoms with Crippen molar-refractivity contribution in [2.75, 3.05) is 7.11 Å². The van der Waals surface area contributed by atoms with Crippen LogP contribution in [0.1, 0.15) is 11.4 Å². The van der Waals surface area contributed by atoms with Crippen molar-refractivity contribution in [3.05, 3.63) is 29.7 Å². The summed E-state index contributed by atoms with van der Waals surface area (Å²) in [7, 11) is 1.35. The summed E-state index contributed by atoms with van der Waals surface area (Å²) in [5, 5.41) is 4.17. The molecule has 78 valence electrons. The van der Waals surface area contributed by atoms with Gasteiger partial charge in [-0.15, -0.1) is 0 Å². The fourth-order valence-electron chi connectivity index (χ4n) is 1.36. The van der Waals surface area contributed by atoms with Crippen molar-refractivity contribution in [1.29, 1.82) is 0 Å². The molecule has 0 bridgehead atoms. The lowest BCUT2D eigenvalue weighted by atomic mass is 10.3. The first-order valence-corrected chi connectivity index (χ1v) is 4.58. The van der Waals surface area contributed by atoms with Crippen LogP contribution in [0.5, 0.6) is 0 Å². The molecule has 0 spiro atoms. The first kappa shape index (κ1) is 9.64. The van der Waals surface area contributed by atoms with Gasteiger partial charge in [0.25, 0.3) is 0 Å². The van der Waals surface area contributed by atoms with Crippen LogP contribution in [0.2, 0.25) is 0 Å². The van der Waals surface area contributed by atoms with E-state index in [0.29, 0.717) is 5.82 Å². The van der Waals surface area contributed by atoms with Gasteiger partial charge in [-0.1, -0.05) is 6.07 Å². The molecule has 0 aliphatic carbocycles. The summed E-state index contributed by atoms with van der Waals surface area (Å²) in [6.45, 7) is 1.95. The van der Waals surface area contributed by atoms with E-state index in [4.69, 9.17) is 0 Å². The quantitative estimate of drug-likeness (QED) is 0.679. The Kier molecular flexibility index (Phi) is 2.37. The molecule has 0 amide bonds. The molecule has 0 atom stereocenters. The maximum absolute atomic E-state index is 11.0. The zero-order valence-corrected chi connectivity index (χ0v) is 8.60. The second-order valence-electron chi connectivity index (χ2n) is 3.24. The Hall–Kier alpha value is -1.91. The first-order chi connectivity index (χ1) is 7.20. The Balaban J connectivity index is 2.39. The SMILES string of the molecule is COC(=O)Cc1nc2c(C)cccn2n1. The number of aryl methyl sites for hydroxylation is 1. The summed E-state index contributed by atoms with van der Waals surface area (Å²) in [5.41, 5.74) is 1.80. The van der Waals surface area contributed by atoms with Gasteiger partial charge in [-0.25, -0.2) is 9.50 Å². The van der Waals surface area contributed by atoms with Gasteiger partial charge in [0.2, 0.25) is 0 Å². The fourth-order valence-corrected chi connectivity index (χ4v) is 1.36. The van der Waals surface area contributed by atoms with Gasteiger partial charge in [0.15, 0.2) is 11.5 Å². The van der Waals surface area contributed by atoms with Crippen molar-refractivity contribution in [1.82, 2.24) is 14.6 Å². The summed E-state index contributed by atoms with van der Waals surface area (Å²) in [5.74, 6) is 0.153. The molecule has 0 saturated heterocycles. The van der Waals surface area contributed by atoms with Gasteiger partial charge >= 0.3 is 5.97 Å². The van der Waals surface area contributed by atoms with E-state index in [1.54, 1.807) is 10.7 Å². The number of hydrogen-bond acceptors (Lipinski definition) is 4. The Morgan fingerprint density at radius 2 is 2.40 bits per heavy atom. The molecular formula is C10H11N3O2. The van der Waals surface area contributed by atoms with E-state index >= 15 is 0 Å². The molecule has 0 aliphatic rings. The lowest BCUT2D eigenvalue weighted by Crippen LogP contribution is -2.05. The van der Waals surface area contributed by atoms with E-state index in [2.05, 4.69) is 14.8 Å². The van der Waals surface area contributed by atoms with Gasteiger partial charge in [-0.2, -0.15) is 5.10 Å². The maximum Gasteiger partial charge on any atom is 0.313 e. The largest absolute Gasteiger partial charge is 0.469 e. The minimum Gasteiger partial charge on any atom is -0.469 e. The highest BCUT2D eigenvalue weighted by atomic mass is 16.5. The molecule has 0 N–H and O–H groups in total. The number of pyridine rings is 1. The number of esters is 1. The van der Waals surface area contributed by atoms with E-state index in [9.17, 15) is 4.79 Å². The van der Waals surface area contributed by atoms with Gasteiger partial charge in [-0.05, 0) is 18.6 Å². The zero-order chi connectivity index (χ0) is 10.8. The highest BCUT2D eigenvalue weighted by Gasteiger charge is 2.09. The number of aromatic nitrogens is 3. The number of nitrogens with zero attached hydrogens (tertiary/aromatic N) is 3. The second-order valence-corrected chi connectivity index (χ2v) is 3.24. The first-order valence-electron chi connectivity index (χ1n) is 4.58.